The molecule has 452 valence electrons. The lowest BCUT2D eigenvalue weighted by molar-refractivity contribution is -0.129. The van der Waals surface area contributed by atoms with Crippen LogP contribution in [0.2, 0.25) is 0 Å². The summed E-state index contributed by atoms with van der Waals surface area (Å²) < 4.78 is 0. The van der Waals surface area contributed by atoms with Crippen LogP contribution in [-0.4, -0.2) is 22.4 Å². The summed E-state index contributed by atoms with van der Waals surface area (Å²) in [4.78, 5) is 0. The molecule has 2 N–H and O–H groups in total. The van der Waals surface area contributed by atoms with Crippen molar-refractivity contribution >= 4 is 0 Å². The fraction of sp³-hybridized carbons (Fsp3) is 0.388. The Labute approximate surface area is 525 Å². The van der Waals surface area contributed by atoms with Gasteiger partial charge in [0.05, 0.1) is 12.2 Å². The molecule has 0 amide bonds. The van der Waals surface area contributed by atoms with E-state index < -0.39 is 77.2 Å². The van der Waals surface area contributed by atoms with Crippen molar-refractivity contribution in [1.29, 1.82) is 0 Å². The van der Waals surface area contributed by atoms with Crippen LogP contribution < -0.4 is 0 Å². The highest BCUT2D eigenvalue weighted by molar-refractivity contribution is 5.53. The normalized spacial score (nSPS) is 19.1. The lowest BCUT2D eigenvalue weighted by Gasteiger charge is -2.70. The van der Waals surface area contributed by atoms with Crippen molar-refractivity contribution in [3.8, 4) is 0 Å². The SMILES string of the molecule is CC(C)(c1ccccc1)C1(C(C)(C)c2ccccc2)C=C(CC2=CC(C(C)(C)c3ccccc3)(C(C)(C)c3ccccc3)CC(C(C)(C)c3ccccc3)(C(C)(C)c3ccccc3)C2O)C(O)C(C(C)(C)c2ccccc2)(C(C)(C)c2ccccc2)C1. The van der Waals surface area contributed by atoms with Gasteiger partial charge in [-0.2, -0.15) is 0 Å². The summed E-state index contributed by atoms with van der Waals surface area (Å²) in [6.07, 6.45) is 4.77. The fourth-order valence-corrected chi connectivity index (χ4v) is 19.0. The Kier molecular flexibility index (Phi) is 16.4. The monoisotopic (exact) mass is 1150 g/mol. The first-order chi connectivity index (χ1) is 41.0. The molecule has 2 atom stereocenters. The van der Waals surface area contributed by atoms with Crippen LogP contribution in [0.15, 0.2) is 266 Å². The molecule has 0 aromatic heterocycles. The predicted octanol–water partition coefficient (Wildman–Crippen LogP) is 20.5. The van der Waals surface area contributed by atoms with Gasteiger partial charge >= 0.3 is 0 Å². The topological polar surface area (TPSA) is 40.5 Å². The number of hydrogen-bond acceptors (Lipinski definition) is 2. The number of rotatable bonds is 18. The van der Waals surface area contributed by atoms with Crippen LogP contribution in [0.5, 0.6) is 0 Å². The molecule has 0 saturated heterocycles. The second-order valence-electron chi connectivity index (χ2n) is 30.6. The summed E-state index contributed by atoms with van der Waals surface area (Å²) in [5.74, 6) is 0. The van der Waals surface area contributed by atoms with E-state index >= 15 is 10.2 Å². The fourth-order valence-electron chi connectivity index (χ4n) is 19.0. The molecule has 8 aromatic carbocycles. The van der Waals surface area contributed by atoms with E-state index in [2.05, 4.69) is 366 Å². The van der Waals surface area contributed by atoms with Crippen LogP contribution in [0.4, 0.5) is 0 Å². The van der Waals surface area contributed by atoms with Crippen molar-refractivity contribution in [2.75, 3.05) is 0 Å². The maximum atomic E-state index is 15.2. The molecule has 0 heterocycles. The van der Waals surface area contributed by atoms with Gasteiger partial charge in [0.1, 0.15) is 0 Å². The zero-order valence-corrected chi connectivity index (χ0v) is 55.4. The van der Waals surface area contributed by atoms with Crippen molar-refractivity contribution < 1.29 is 10.2 Å². The maximum Gasteiger partial charge on any atom is 0.0826 e. The summed E-state index contributed by atoms with van der Waals surface area (Å²) in [6, 6.07) is 89.1. The van der Waals surface area contributed by atoms with E-state index in [-0.39, 0.29) is 0 Å². The third kappa shape index (κ3) is 9.46. The Hall–Kier alpha value is -6.84. The van der Waals surface area contributed by atoms with Gasteiger partial charge in [-0.3, -0.25) is 0 Å². The first-order valence-corrected chi connectivity index (χ1v) is 32.2. The molecule has 0 fully saturated rings. The second-order valence-corrected chi connectivity index (χ2v) is 30.6. The van der Waals surface area contributed by atoms with E-state index in [0.29, 0.717) is 19.3 Å². The van der Waals surface area contributed by atoms with Crippen LogP contribution in [0, 0.1) is 21.7 Å². The van der Waals surface area contributed by atoms with Gasteiger partial charge in [0, 0.05) is 21.7 Å². The molecule has 8 aromatic rings. The van der Waals surface area contributed by atoms with Gasteiger partial charge in [-0.1, -0.05) is 366 Å². The van der Waals surface area contributed by atoms with Crippen molar-refractivity contribution in [1.82, 2.24) is 0 Å². The molecule has 87 heavy (non-hydrogen) atoms. The van der Waals surface area contributed by atoms with E-state index in [1.807, 2.05) is 0 Å². The predicted molar refractivity (Wildman–Crippen MR) is 368 cm³/mol. The van der Waals surface area contributed by atoms with Crippen LogP contribution in [0.3, 0.4) is 0 Å². The van der Waals surface area contributed by atoms with Crippen molar-refractivity contribution in [3.63, 3.8) is 0 Å². The molecule has 0 radical (unpaired) electrons. The standard InChI is InChI=1S/C85H100O2/c1-74(2,64-41-25-17-26-42-64)82(75(3,4)65-43-27-18-28-44-65)58-62(72(86)84(60-82,78(9,10)68-49-33-21-34-50-68)79(11,12)69-51-35-22-36-52-69)57-63-59-83(76(5,6)66-45-29-19-30-46-66,77(7,8)67-47-31-20-32-48-67)61-85(73(63)87,80(13,14)70-53-37-23-38-54-70)81(15,16)71-55-39-24-40-56-71/h17-56,58-59,72-73,86-87H,57,60-61H2,1-16H3. The van der Waals surface area contributed by atoms with Crippen LogP contribution in [0.25, 0.3) is 0 Å². The van der Waals surface area contributed by atoms with Crippen molar-refractivity contribution in [3.05, 3.63) is 310 Å². The molecule has 2 nitrogen and oxygen atoms in total. The molecular weight excluding hydrogens is 1050 g/mol. The van der Waals surface area contributed by atoms with E-state index in [0.717, 1.165) is 11.1 Å². The molecule has 0 spiro atoms. The zero-order valence-electron chi connectivity index (χ0n) is 55.4. The number of hydrogen-bond donors (Lipinski definition) is 2. The third-order valence-electron chi connectivity index (χ3n) is 24.9. The Balaban J connectivity index is 1.42. The van der Waals surface area contributed by atoms with E-state index in [1.165, 1.54) is 44.5 Å². The third-order valence-corrected chi connectivity index (χ3v) is 24.9. The van der Waals surface area contributed by atoms with E-state index in [9.17, 15) is 0 Å². The highest BCUT2D eigenvalue weighted by Gasteiger charge is 2.72. The molecule has 0 aliphatic heterocycles. The highest BCUT2D eigenvalue weighted by Crippen LogP contribution is 2.74. The molecule has 2 aliphatic carbocycles. The molecule has 0 bridgehead atoms. The minimum absolute atomic E-state index is 0.326. The first kappa shape index (κ1) is 63.2. The smallest absolute Gasteiger partial charge is 0.0826 e. The summed E-state index contributed by atoms with van der Waals surface area (Å²) in [5.41, 5.74) is 3.28. The highest BCUT2D eigenvalue weighted by atomic mass is 16.3. The molecule has 2 unspecified atom stereocenters. The average molecular weight is 1150 g/mol. The summed E-state index contributed by atoms with van der Waals surface area (Å²) >= 11 is 0. The Bertz CT molecular complexity index is 3210. The molecular formula is C85H100O2. The van der Waals surface area contributed by atoms with Gasteiger partial charge < -0.3 is 10.2 Å². The molecule has 2 aliphatic rings. The number of benzene rings is 8. The van der Waals surface area contributed by atoms with Crippen LogP contribution in [0.1, 0.15) is 175 Å². The summed E-state index contributed by atoms with van der Waals surface area (Å²) in [7, 11) is 0. The minimum atomic E-state index is -1.01. The summed E-state index contributed by atoms with van der Waals surface area (Å²) in [5, 5.41) is 30.5. The van der Waals surface area contributed by atoms with E-state index in [4.69, 9.17) is 0 Å². The van der Waals surface area contributed by atoms with Crippen molar-refractivity contribution in [2.24, 2.45) is 21.7 Å². The summed E-state index contributed by atoms with van der Waals surface area (Å²) in [6.45, 7) is 39.3. The quantitative estimate of drug-likeness (QED) is 0.0841. The minimum Gasteiger partial charge on any atom is -0.388 e. The average Bonchev–Trinajstić information content (AvgIpc) is 0.680. The number of aliphatic hydroxyl groups is 2. The second kappa shape index (κ2) is 22.6. The van der Waals surface area contributed by atoms with Crippen molar-refractivity contribution in [2.45, 2.75) is 186 Å². The van der Waals surface area contributed by atoms with Gasteiger partial charge in [-0.15, -0.1) is 0 Å². The Morgan fingerprint density at radius 3 is 0.563 bits per heavy atom. The van der Waals surface area contributed by atoms with Gasteiger partial charge in [-0.05, 0) is 118 Å². The molecule has 2 heteroatoms. The van der Waals surface area contributed by atoms with Gasteiger partial charge in [0.2, 0.25) is 0 Å². The van der Waals surface area contributed by atoms with Gasteiger partial charge in [-0.25, -0.2) is 0 Å². The Morgan fingerprint density at radius 1 is 0.253 bits per heavy atom. The van der Waals surface area contributed by atoms with Crippen LogP contribution in [-0.2, 0) is 43.3 Å². The number of allylic oxidation sites excluding steroid dienone is 2. The zero-order chi connectivity index (χ0) is 62.7. The largest absolute Gasteiger partial charge is 0.388 e. The number of aliphatic hydroxyl groups excluding tert-OH is 2. The lowest BCUT2D eigenvalue weighted by Crippen LogP contribution is -2.69. The van der Waals surface area contributed by atoms with Crippen LogP contribution >= 0.6 is 0 Å². The van der Waals surface area contributed by atoms with E-state index in [1.54, 1.807) is 0 Å². The molecule has 0 saturated carbocycles. The van der Waals surface area contributed by atoms with Gasteiger partial charge in [0.15, 0.2) is 0 Å². The Morgan fingerprint density at radius 2 is 0.402 bits per heavy atom. The first-order valence-electron chi connectivity index (χ1n) is 32.2. The van der Waals surface area contributed by atoms with Gasteiger partial charge in [0.25, 0.3) is 0 Å². The molecule has 10 rings (SSSR count). The maximum absolute atomic E-state index is 15.2. The lowest BCUT2D eigenvalue weighted by atomic mass is 9.34.